The van der Waals surface area contributed by atoms with E-state index in [9.17, 15) is 4.79 Å². The minimum absolute atomic E-state index is 0.132. The Morgan fingerprint density at radius 2 is 1.86 bits per heavy atom. The van der Waals surface area contributed by atoms with Crippen LogP contribution in [0.2, 0.25) is 5.02 Å². The summed E-state index contributed by atoms with van der Waals surface area (Å²) in [5, 5.41) is 0.617. The number of ether oxygens (including phenoxy) is 2. The van der Waals surface area contributed by atoms with Gasteiger partial charge in [-0.05, 0) is 31.0 Å². The summed E-state index contributed by atoms with van der Waals surface area (Å²) in [7, 11) is 3.26. The maximum absolute atomic E-state index is 12.8. The van der Waals surface area contributed by atoms with Gasteiger partial charge in [-0.2, -0.15) is 0 Å². The highest BCUT2D eigenvalue weighted by Crippen LogP contribution is 2.33. The monoisotopic (exact) mass is 310 g/mol. The predicted molar refractivity (Wildman–Crippen MR) is 84.2 cm³/mol. The van der Waals surface area contributed by atoms with Gasteiger partial charge in [0.25, 0.3) is 0 Å². The quantitative estimate of drug-likeness (QED) is 0.765. The Hall–Kier alpha value is -1.06. The van der Waals surface area contributed by atoms with Crippen LogP contribution in [0.15, 0.2) is 18.2 Å². The number of halogens is 1. The van der Waals surface area contributed by atoms with Crippen LogP contribution in [-0.4, -0.2) is 25.6 Å². The minimum Gasteiger partial charge on any atom is -0.496 e. The summed E-state index contributed by atoms with van der Waals surface area (Å²) in [6.45, 7) is 0. The van der Waals surface area contributed by atoms with Gasteiger partial charge in [0.05, 0.1) is 7.11 Å². The molecule has 0 bridgehead atoms. The van der Waals surface area contributed by atoms with E-state index in [1.165, 1.54) is 12.8 Å². The second-order valence-electron chi connectivity index (χ2n) is 5.67. The molecule has 116 valence electrons. The third kappa shape index (κ3) is 3.78. The van der Waals surface area contributed by atoms with E-state index < -0.39 is 5.60 Å². The summed E-state index contributed by atoms with van der Waals surface area (Å²) >= 11 is 6.04. The van der Waals surface area contributed by atoms with Gasteiger partial charge in [-0.15, -0.1) is 0 Å². The molecule has 1 aliphatic carbocycles. The zero-order valence-corrected chi connectivity index (χ0v) is 13.5. The molecule has 0 radical (unpaired) electrons. The normalized spacial score (nSPS) is 18.0. The number of ketones is 1. The van der Waals surface area contributed by atoms with Gasteiger partial charge in [0.15, 0.2) is 5.78 Å². The van der Waals surface area contributed by atoms with Crippen molar-refractivity contribution >= 4 is 17.4 Å². The molecule has 1 saturated carbocycles. The molecule has 21 heavy (non-hydrogen) atoms. The molecule has 1 fully saturated rings. The highest BCUT2D eigenvalue weighted by atomic mass is 35.5. The highest BCUT2D eigenvalue weighted by Gasteiger charge is 2.38. The van der Waals surface area contributed by atoms with Crippen LogP contribution in [0.4, 0.5) is 0 Å². The van der Waals surface area contributed by atoms with Crippen molar-refractivity contribution in [1.29, 1.82) is 0 Å². The zero-order valence-electron chi connectivity index (χ0n) is 12.8. The van der Waals surface area contributed by atoms with Crippen LogP contribution in [0.1, 0.15) is 44.1 Å². The molecule has 0 saturated heterocycles. The molecule has 0 aliphatic heterocycles. The van der Waals surface area contributed by atoms with Crippen molar-refractivity contribution in [2.45, 2.75) is 50.5 Å². The van der Waals surface area contributed by atoms with Crippen molar-refractivity contribution in [3.63, 3.8) is 0 Å². The Kier molecular flexibility index (Phi) is 5.65. The maximum atomic E-state index is 12.8. The lowest BCUT2D eigenvalue weighted by atomic mass is 9.86. The van der Waals surface area contributed by atoms with Crippen molar-refractivity contribution in [3.05, 3.63) is 28.8 Å². The Morgan fingerprint density at radius 3 is 2.43 bits per heavy atom. The first-order valence-electron chi connectivity index (χ1n) is 7.52. The number of hydrogen-bond acceptors (Lipinski definition) is 3. The van der Waals surface area contributed by atoms with E-state index in [1.807, 2.05) is 0 Å². The predicted octanol–water partition coefficient (Wildman–Crippen LogP) is 4.20. The molecule has 3 nitrogen and oxygen atoms in total. The summed E-state index contributed by atoms with van der Waals surface area (Å²) < 4.78 is 11.0. The van der Waals surface area contributed by atoms with Gasteiger partial charge >= 0.3 is 0 Å². The molecular formula is C17H23ClO3. The second-order valence-corrected chi connectivity index (χ2v) is 6.11. The van der Waals surface area contributed by atoms with Crippen LogP contribution >= 0.6 is 11.6 Å². The van der Waals surface area contributed by atoms with E-state index in [-0.39, 0.29) is 5.78 Å². The summed E-state index contributed by atoms with van der Waals surface area (Å²) in [6, 6.07) is 5.38. The third-order valence-electron chi connectivity index (χ3n) is 4.40. The average molecular weight is 311 g/mol. The molecule has 0 spiro atoms. The van der Waals surface area contributed by atoms with Crippen molar-refractivity contribution in [3.8, 4) is 5.75 Å². The maximum Gasteiger partial charge on any atom is 0.169 e. The van der Waals surface area contributed by atoms with Gasteiger partial charge in [-0.25, -0.2) is 0 Å². The molecule has 1 aromatic carbocycles. The van der Waals surface area contributed by atoms with E-state index in [0.717, 1.165) is 31.2 Å². The molecular weight excluding hydrogens is 288 g/mol. The first-order valence-corrected chi connectivity index (χ1v) is 7.90. The Bertz CT molecular complexity index is 491. The minimum atomic E-state index is -0.635. The summed E-state index contributed by atoms with van der Waals surface area (Å²) in [6.07, 6.45) is 6.38. The van der Waals surface area contributed by atoms with Crippen LogP contribution in [0, 0.1) is 0 Å². The van der Waals surface area contributed by atoms with Crippen molar-refractivity contribution in [1.82, 2.24) is 0 Å². The lowest BCUT2D eigenvalue weighted by Crippen LogP contribution is -2.41. The molecule has 0 heterocycles. The topological polar surface area (TPSA) is 35.5 Å². The molecule has 0 atom stereocenters. The smallest absolute Gasteiger partial charge is 0.169 e. The summed E-state index contributed by atoms with van der Waals surface area (Å²) in [4.78, 5) is 12.8. The second kappa shape index (κ2) is 7.28. The van der Waals surface area contributed by atoms with Crippen LogP contribution in [0.3, 0.4) is 0 Å². The molecule has 2 rings (SSSR count). The number of hydrogen-bond donors (Lipinski definition) is 0. The number of Topliss-reactive ketones (excluding diaryl/α,β-unsaturated/α-hetero) is 1. The van der Waals surface area contributed by atoms with E-state index in [1.54, 1.807) is 32.4 Å². The van der Waals surface area contributed by atoms with E-state index in [2.05, 4.69) is 0 Å². The van der Waals surface area contributed by atoms with Gasteiger partial charge in [-0.1, -0.05) is 37.3 Å². The molecule has 0 amide bonds. The largest absolute Gasteiger partial charge is 0.496 e. The van der Waals surface area contributed by atoms with Gasteiger partial charge in [0, 0.05) is 24.1 Å². The van der Waals surface area contributed by atoms with Crippen molar-refractivity contribution in [2.24, 2.45) is 0 Å². The molecule has 1 aromatic rings. The first-order chi connectivity index (χ1) is 10.1. The fourth-order valence-corrected chi connectivity index (χ4v) is 3.31. The number of rotatable bonds is 5. The third-order valence-corrected chi connectivity index (χ3v) is 4.64. The lowest BCUT2D eigenvalue weighted by molar-refractivity contribution is -0.142. The van der Waals surface area contributed by atoms with Crippen molar-refractivity contribution in [2.75, 3.05) is 14.2 Å². The molecule has 0 unspecified atom stereocenters. The number of carbonyl (C=O) groups excluding carboxylic acids is 1. The molecule has 4 heteroatoms. The Labute approximate surface area is 131 Å². The fraction of sp³-hybridized carbons (Fsp3) is 0.588. The van der Waals surface area contributed by atoms with Crippen LogP contribution in [0.25, 0.3) is 0 Å². The summed E-state index contributed by atoms with van der Waals surface area (Å²) in [5.74, 6) is 0.833. The fourth-order valence-electron chi connectivity index (χ4n) is 3.12. The Balaban J connectivity index is 2.21. The van der Waals surface area contributed by atoms with Crippen molar-refractivity contribution < 1.29 is 14.3 Å². The highest BCUT2D eigenvalue weighted by molar-refractivity contribution is 6.30. The van der Waals surface area contributed by atoms with Gasteiger partial charge in [-0.3, -0.25) is 4.79 Å². The number of methoxy groups -OCH3 is 2. The lowest BCUT2D eigenvalue weighted by Gasteiger charge is -2.30. The summed E-state index contributed by atoms with van der Waals surface area (Å²) in [5.41, 5.74) is 0.194. The number of carbonyl (C=O) groups is 1. The van der Waals surface area contributed by atoms with Gasteiger partial charge in [0.1, 0.15) is 11.4 Å². The van der Waals surface area contributed by atoms with Gasteiger partial charge in [0.2, 0.25) is 0 Å². The van der Waals surface area contributed by atoms with Crippen LogP contribution in [0.5, 0.6) is 5.75 Å². The Morgan fingerprint density at radius 1 is 1.19 bits per heavy atom. The van der Waals surface area contributed by atoms with Crippen LogP contribution < -0.4 is 4.74 Å². The molecule has 0 aromatic heterocycles. The van der Waals surface area contributed by atoms with E-state index in [4.69, 9.17) is 21.1 Å². The van der Waals surface area contributed by atoms with E-state index in [0.29, 0.717) is 17.2 Å². The standard InChI is InChI=1S/C17H23ClO3/c1-20-15-8-7-14(18)11-13(15)12-16(19)17(21-2)9-5-3-4-6-10-17/h7-8,11H,3-6,9-10,12H2,1-2H3. The van der Waals surface area contributed by atoms with E-state index >= 15 is 0 Å². The number of benzene rings is 1. The first kappa shape index (κ1) is 16.3. The van der Waals surface area contributed by atoms with Crippen LogP contribution in [-0.2, 0) is 16.0 Å². The average Bonchev–Trinajstić information content (AvgIpc) is 2.74. The molecule has 0 N–H and O–H groups in total. The molecule has 1 aliphatic rings. The zero-order chi connectivity index (χ0) is 15.3. The van der Waals surface area contributed by atoms with Gasteiger partial charge < -0.3 is 9.47 Å². The SMILES string of the molecule is COc1ccc(Cl)cc1CC(=O)C1(OC)CCCCCC1.